The molecule has 36 heavy (non-hydrogen) atoms. The standard InChI is InChI=1S/C32H22FN2O/c1-20-26(28-16-13-25(33)19-35(28)2)15-17-29-30(20)27-14-12-24(18-34)31(32(27)36-29)23-10-8-22(9-11-23)21-6-4-3-5-7-21/h3-17,19H,1-2H3/q+1. The maximum atomic E-state index is 13.7. The summed E-state index contributed by atoms with van der Waals surface area (Å²) in [5, 5.41) is 11.9. The van der Waals surface area contributed by atoms with E-state index in [-0.39, 0.29) is 5.82 Å². The molecule has 0 saturated carbocycles. The van der Waals surface area contributed by atoms with Gasteiger partial charge >= 0.3 is 0 Å². The van der Waals surface area contributed by atoms with Crippen molar-refractivity contribution in [1.29, 1.82) is 5.26 Å². The molecular formula is C32H22FN2O+. The van der Waals surface area contributed by atoms with Crippen molar-refractivity contribution in [2.45, 2.75) is 6.92 Å². The summed E-state index contributed by atoms with van der Waals surface area (Å²) in [5.41, 5.74) is 8.96. The number of nitriles is 1. The zero-order chi connectivity index (χ0) is 24.8. The Morgan fingerprint density at radius 3 is 2.25 bits per heavy atom. The molecular weight excluding hydrogens is 447 g/mol. The first-order valence-electron chi connectivity index (χ1n) is 11.8. The molecule has 0 saturated heterocycles. The number of benzene rings is 4. The summed E-state index contributed by atoms with van der Waals surface area (Å²) in [6.07, 6.45) is 1.48. The van der Waals surface area contributed by atoms with Gasteiger partial charge in [-0.2, -0.15) is 9.83 Å². The molecule has 6 rings (SSSR count). The number of fused-ring (bicyclic) bond motifs is 3. The van der Waals surface area contributed by atoms with E-state index in [9.17, 15) is 9.65 Å². The summed E-state index contributed by atoms with van der Waals surface area (Å²) < 4.78 is 21.9. The van der Waals surface area contributed by atoms with Gasteiger partial charge in [-0.15, -0.1) is 0 Å². The van der Waals surface area contributed by atoms with E-state index in [1.165, 1.54) is 12.3 Å². The van der Waals surface area contributed by atoms with Crippen LogP contribution in [0, 0.1) is 24.1 Å². The summed E-state index contributed by atoms with van der Waals surface area (Å²) in [6, 6.07) is 31.8. The minimum Gasteiger partial charge on any atom is -0.455 e. The third-order valence-corrected chi connectivity index (χ3v) is 6.84. The van der Waals surface area contributed by atoms with Crippen LogP contribution < -0.4 is 4.57 Å². The molecule has 0 radical (unpaired) electrons. The lowest BCUT2D eigenvalue weighted by Gasteiger charge is -2.08. The number of furan rings is 1. The van der Waals surface area contributed by atoms with Crippen LogP contribution in [0.5, 0.6) is 0 Å². The van der Waals surface area contributed by atoms with Crippen molar-refractivity contribution in [2.75, 3.05) is 0 Å². The fourth-order valence-electron chi connectivity index (χ4n) is 5.07. The van der Waals surface area contributed by atoms with Gasteiger partial charge in [0.2, 0.25) is 11.9 Å². The molecule has 6 aromatic rings. The molecule has 0 aliphatic carbocycles. The number of nitrogens with zero attached hydrogens (tertiary/aromatic N) is 2. The summed E-state index contributed by atoms with van der Waals surface area (Å²) in [4.78, 5) is 0. The fraction of sp³-hybridized carbons (Fsp3) is 0.0625. The summed E-state index contributed by atoms with van der Waals surface area (Å²) in [7, 11) is 1.84. The van der Waals surface area contributed by atoms with Gasteiger partial charge in [0.15, 0.2) is 5.82 Å². The quantitative estimate of drug-likeness (QED) is 0.249. The highest BCUT2D eigenvalue weighted by Gasteiger charge is 2.21. The molecule has 0 amide bonds. The first-order valence-corrected chi connectivity index (χ1v) is 11.8. The molecule has 4 heteroatoms. The van der Waals surface area contributed by atoms with Crippen LogP contribution in [0.3, 0.4) is 0 Å². The molecule has 0 bridgehead atoms. The van der Waals surface area contributed by atoms with Crippen molar-refractivity contribution in [3.05, 3.63) is 114 Å². The average molecular weight is 470 g/mol. The Balaban J connectivity index is 1.56. The first kappa shape index (κ1) is 21.8. The number of aryl methyl sites for hydroxylation is 2. The van der Waals surface area contributed by atoms with Gasteiger partial charge < -0.3 is 4.42 Å². The predicted molar refractivity (Wildman–Crippen MR) is 141 cm³/mol. The molecule has 3 nitrogen and oxygen atoms in total. The smallest absolute Gasteiger partial charge is 0.212 e. The highest BCUT2D eigenvalue weighted by molar-refractivity contribution is 6.13. The Morgan fingerprint density at radius 2 is 1.53 bits per heavy atom. The molecule has 0 spiro atoms. The molecule has 0 fully saturated rings. The second-order valence-corrected chi connectivity index (χ2v) is 8.98. The normalized spacial score (nSPS) is 11.2. The van der Waals surface area contributed by atoms with Crippen molar-refractivity contribution < 1.29 is 13.4 Å². The van der Waals surface area contributed by atoms with Crippen molar-refractivity contribution >= 4 is 21.9 Å². The molecule has 0 unspecified atom stereocenters. The van der Waals surface area contributed by atoms with Gasteiger partial charge in [0.1, 0.15) is 18.2 Å². The van der Waals surface area contributed by atoms with Gasteiger partial charge in [-0.1, -0.05) is 54.6 Å². The molecule has 0 aliphatic heterocycles. The Labute approximate surface area is 208 Å². The number of halogens is 1. The first-order chi connectivity index (χ1) is 17.5. The predicted octanol–water partition coefficient (Wildman–Crippen LogP) is 7.73. The van der Waals surface area contributed by atoms with E-state index in [0.717, 1.165) is 55.4 Å². The van der Waals surface area contributed by atoms with Crippen LogP contribution in [0.2, 0.25) is 0 Å². The number of rotatable bonds is 3. The van der Waals surface area contributed by atoms with E-state index >= 15 is 0 Å². The van der Waals surface area contributed by atoms with Gasteiger partial charge in [0, 0.05) is 28.0 Å². The van der Waals surface area contributed by atoms with Crippen LogP contribution in [-0.2, 0) is 7.05 Å². The molecule has 172 valence electrons. The highest BCUT2D eigenvalue weighted by atomic mass is 19.1. The Kier molecular flexibility index (Phi) is 5.13. The van der Waals surface area contributed by atoms with Crippen molar-refractivity contribution in [3.8, 4) is 39.6 Å². The minimum atomic E-state index is -0.277. The minimum absolute atomic E-state index is 0.277. The highest BCUT2D eigenvalue weighted by Crippen LogP contribution is 2.41. The van der Waals surface area contributed by atoms with Crippen LogP contribution in [0.1, 0.15) is 11.1 Å². The zero-order valence-electron chi connectivity index (χ0n) is 19.9. The summed E-state index contributed by atoms with van der Waals surface area (Å²) in [5.74, 6) is -0.277. The molecule has 0 atom stereocenters. The largest absolute Gasteiger partial charge is 0.455 e. The van der Waals surface area contributed by atoms with E-state index in [0.29, 0.717) is 11.1 Å². The molecule has 4 aromatic carbocycles. The maximum Gasteiger partial charge on any atom is 0.212 e. The van der Waals surface area contributed by atoms with Crippen LogP contribution in [-0.4, -0.2) is 0 Å². The second-order valence-electron chi connectivity index (χ2n) is 8.98. The van der Waals surface area contributed by atoms with Gasteiger partial charge in [-0.3, -0.25) is 0 Å². The molecule has 2 heterocycles. The van der Waals surface area contributed by atoms with Gasteiger partial charge in [-0.25, -0.2) is 4.39 Å². The van der Waals surface area contributed by atoms with Crippen LogP contribution in [0.4, 0.5) is 4.39 Å². The van der Waals surface area contributed by atoms with Crippen LogP contribution in [0.15, 0.2) is 102 Å². The van der Waals surface area contributed by atoms with E-state index in [4.69, 9.17) is 4.42 Å². The fourth-order valence-corrected chi connectivity index (χ4v) is 5.07. The lowest BCUT2D eigenvalue weighted by Crippen LogP contribution is -2.31. The van der Waals surface area contributed by atoms with E-state index < -0.39 is 0 Å². The third kappa shape index (κ3) is 3.45. The van der Waals surface area contributed by atoms with E-state index in [1.54, 1.807) is 10.6 Å². The Hall–Kier alpha value is -4.75. The topological polar surface area (TPSA) is 40.8 Å². The van der Waals surface area contributed by atoms with Crippen LogP contribution >= 0.6 is 0 Å². The second kappa shape index (κ2) is 8.48. The third-order valence-electron chi connectivity index (χ3n) is 6.84. The lowest BCUT2D eigenvalue weighted by molar-refractivity contribution is -0.661. The number of hydrogen-bond acceptors (Lipinski definition) is 2. The maximum absolute atomic E-state index is 13.7. The Bertz CT molecular complexity index is 1810. The number of pyridine rings is 1. The van der Waals surface area contributed by atoms with Crippen molar-refractivity contribution in [2.24, 2.45) is 7.05 Å². The van der Waals surface area contributed by atoms with Crippen molar-refractivity contribution in [3.63, 3.8) is 0 Å². The molecule has 0 aliphatic rings. The number of hydrogen-bond donors (Lipinski definition) is 0. The summed E-state index contributed by atoms with van der Waals surface area (Å²) in [6.45, 7) is 2.06. The number of aromatic nitrogens is 1. The monoisotopic (exact) mass is 469 g/mol. The lowest BCUT2D eigenvalue weighted by atomic mass is 9.94. The van der Waals surface area contributed by atoms with Crippen molar-refractivity contribution in [1.82, 2.24) is 0 Å². The SMILES string of the molecule is Cc1c(-c2ccc(F)c[n+]2C)ccc2oc3c(-c4ccc(-c5ccccc5)cc4)c(C#N)ccc3c12. The summed E-state index contributed by atoms with van der Waals surface area (Å²) >= 11 is 0. The molecule has 2 aromatic heterocycles. The average Bonchev–Trinajstić information content (AvgIpc) is 3.29. The van der Waals surface area contributed by atoms with Gasteiger partial charge in [-0.05, 0) is 59.5 Å². The van der Waals surface area contributed by atoms with E-state index in [1.807, 2.05) is 61.6 Å². The van der Waals surface area contributed by atoms with E-state index in [2.05, 4.69) is 37.3 Å². The van der Waals surface area contributed by atoms with Crippen LogP contribution in [0.25, 0.3) is 55.4 Å². The zero-order valence-corrected chi connectivity index (χ0v) is 19.9. The Morgan fingerprint density at radius 1 is 0.806 bits per heavy atom. The van der Waals surface area contributed by atoms with Gasteiger partial charge in [0.25, 0.3) is 0 Å². The molecule has 0 N–H and O–H groups in total. The van der Waals surface area contributed by atoms with Gasteiger partial charge in [0.05, 0.1) is 11.6 Å².